The number of hydrogen-bond donors (Lipinski definition) is 2. The molecule has 0 bridgehead atoms. The second-order valence-corrected chi connectivity index (χ2v) is 5.53. The number of carbonyl (C=O) groups is 2. The Labute approximate surface area is 143 Å². The van der Waals surface area contributed by atoms with Gasteiger partial charge in [0.05, 0.1) is 11.4 Å². The number of anilines is 1. The molecule has 1 aromatic carbocycles. The number of carbonyl (C=O) groups excluding carboxylic acids is 1. The Hall–Kier alpha value is -3.42. The summed E-state index contributed by atoms with van der Waals surface area (Å²) in [5.74, 6) is -1.23. The van der Waals surface area contributed by atoms with Gasteiger partial charge in [-0.25, -0.2) is 4.79 Å². The molecule has 0 radical (unpaired) electrons. The second kappa shape index (κ2) is 6.60. The van der Waals surface area contributed by atoms with Gasteiger partial charge in [-0.3, -0.25) is 9.48 Å². The molecule has 3 aromatic rings. The SMILES string of the molecule is Cc1c(NC(=O)c2cc(Cc3ccccc3)on2)c(C(=O)O)nn1C. The lowest BCUT2D eigenvalue weighted by Gasteiger charge is -2.02. The maximum absolute atomic E-state index is 12.4. The zero-order valence-corrected chi connectivity index (χ0v) is 13.7. The van der Waals surface area contributed by atoms with E-state index in [0.29, 0.717) is 17.9 Å². The first-order chi connectivity index (χ1) is 12.0. The number of carboxylic acids is 1. The molecule has 2 heterocycles. The van der Waals surface area contributed by atoms with E-state index in [1.165, 1.54) is 10.7 Å². The van der Waals surface area contributed by atoms with Gasteiger partial charge in [-0.1, -0.05) is 35.5 Å². The van der Waals surface area contributed by atoms with E-state index in [2.05, 4.69) is 15.6 Å². The molecule has 8 heteroatoms. The van der Waals surface area contributed by atoms with Crippen LogP contribution in [0.15, 0.2) is 40.9 Å². The van der Waals surface area contributed by atoms with Crippen molar-refractivity contribution in [2.24, 2.45) is 7.05 Å². The van der Waals surface area contributed by atoms with Gasteiger partial charge in [0, 0.05) is 19.5 Å². The van der Waals surface area contributed by atoms with E-state index in [1.54, 1.807) is 14.0 Å². The summed E-state index contributed by atoms with van der Waals surface area (Å²) in [4.78, 5) is 23.6. The van der Waals surface area contributed by atoms with E-state index in [-0.39, 0.29) is 17.1 Å². The summed E-state index contributed by atoms with van der Waals surface area (Å²) in [6, 6.07) is 11.2. The van der Waals surface area contributed by atoms with Crippen LogP contribution in [0, 0.1) is 6.92 Å². The number of aromatic nitrogens is 3. The Morgan fingerprint density at radius 1 is 1.28 bits per heavy atom. The summed E-state index contributed by atoms with van der Waals surface area (Å²) in [6.45, 7) is 1.67. The highest BCUT2D eigenvalue weighted by Gasteiger charge is 2.22. The van der Waals surface area contributed by atoms with Crippen molar-refractivity contribution >= 4 is 17.6 Å². The topological polar surface area (TPSA) is 110 Å². The first-order valence-corrected chi connectivity index (χ1v) is 7.53. The van der Waals surface area contributed by atoms with Gasteiger partial charge in [0.25, 0.3) is 5.91 Å². The van der Waals surface area contributed by atoms with E-state index in [4.69, 9.17) is 4.52 Å². The Kier molecular flexibility index (Phi) is 4.34. The first-order valence-electron chi connectivity index (χ1n) is 7.53. The van der Waals surface area contributed by atoms with Gasteiger partial charge < -0.3 is 14.9 Å². The van der Waals surface area contributed by atoms with Crippen molar-refractivity contribution in [1.82, 2.24) is 14.9 Å². The van der Waals surface area contributed by atoms with Crippen molar-refractivity contribution in [3.8, 4) is 0 Å². The minimum Gasteiger partial charge on any atom is -0.476 e. The fourth-order valence-corrected chi connectivity index (χ4v) is 2.39. The Morgan fingerprint density at radius 3 is 2.68 bits per heavy atom. The van der Waals surface area contributed by atoms with Crippen molar-refractivity contribution in [3.63, 3.8) is 0 Å². The minimum atomic E-state index is -1.22. The summed E-state index contributed by atoms with van der Waals surface area (Å²) >= 11 is 0. The minimum absolute atomic E-state index is 0.0746. The third-order valence-corrected chi connectivity index (χ3v) is 3.79. The van der Waals surface area contributed by atoms with Crippen molar-refractivity contribution in [2.45, 2.75) is 13.3 Å². The van der Waals surface area contributed by atoms with E-state index < -0.39 is 11.9 Å². The van der Waals surface area contributed by atoms with Crippen LogP contribution in [-0.4, -0.2) is 31.9 Å². The molecular formula is C17H16N4O4. The Morgan fingerprint density at radius 2 is 2.00 bits per heavy atom. The number of aryl methyl sites for hydroxylation is 1. The fraction of sp³-hybridized carbons (Fsp3) is 0.176. The molecule has 128 valence electrons. The maximum atomic E-state index is 12.4. The van der Waals surface area contributed by atoms with Gasteiger partial charge in [0.15, 0.2) is 11.4 Å². The van der Waals surface area contributed by atoms with Crippen LogP contribution in [0.2, 0.25) is 0 Å². The first kappa shape index (κ1) is 16.4. The molecule has 0 spiro atoms. The Bertz CT molecular complexity index is 928. The number of hydrogen-bond acceptors (Lipinski definition) is 5. The van der Waals surface area contributed by atoms with E-state index in [0.717, 1.165) is 5.56 Å². The van der Waals surface area contributed by atoms with E-state index in [9.17, 15) is 14.7 Å². The lowest BCUT2D eigenvalue weighted by molar-refractivity contribution is 0.0690. The van der Waals surface area contributed by atoms with Crippen LogP contribution in [0.5, 0.6) is 0 Å². The molecule has 0 aliphatic carbocycles. The monoisotopic (exact) mass is 340 g/mol. The van der Waals surface area contributed by atoms with Crippen LogP contribution >= 0.6 is 0 Å². The number of nitrogens with one attached hydrogen (secondary N) is 1. The number of amides is 1. The third-order valence-electron chi connectivity index (χ3n) is 3.79. The predicted molar refractivity (Wildman–Crippen MR) is 88.6 cm³/mol. The molecule has 1 amide bonds. The number of benzene rings is 1. The van der Waals surface area contributed by atoms with Crippen LogP contribution in [0.3, 0.4) is 0 Å². The normalized spacial score (nSPS) is 10.6. The van der Waals surface area contributed by atoms with Crippen LogP contribution < -0.4 is 5.32 Å². The summed E-state index contributed by atoms with van der Waals surface area (Å²) < 4.78 is 6.58. The summed E-state index contributed by atoms with van der Waals surface area (Å²) in [6.07, 6.45) is 0.507. The van der Waals surface area contributed by atoms with Gasteiger partial charge in [-0.05, 0) is 12.5 Å². The molecule has 0 saturated heterocycles. The molecule has 0 aliphatic rings. The predicted octanol–water partition coefficient (Wildman–Crippen LogP) is 2.26. The van der Waals surface area contributed by atoms with E-state index in [1.807, 2.05) is 30.3 Å². The molecular weight excluding hydrogens is 324 g/mol. The zero-order valence-electron chi connectivity index (χ0n) is 13.7. The van der Waals surface area contributed by atoms with Crippen LogP contribution in [-0.2, 0) is 13.5 Å². The summed E-state index contributed by atoms with van der Waals surface area (Å²) in [7, 11) is 1.60. The zero-order chi connectivity index (χ0) is 18.0. The summed E-state index contributed by atoms with van der Waals surface area (Å²) in [5.41, 5.74) is 1.56. The second-order valence-electron chi connectivity index (χ2n) is 5.53. The third kappa shape index (κ3) is 3.42. The number of carboxylic acid groups (broad SMARTS) is 1. The lowest BCUT2D eigenvalue weighted by atomic mass is 10.1. The highest BCUT2D eigenvalue weighted by Crippen LogP contribution is 2.20. The quantitative estimate of drug-likeness (QED) is 0.737. The van der Waals surface area contributed by atoms with Crippen molar-refractivity contribution < 1.29 is 19.2 Å². The highest BCUT2D eigenvalue weighted by atomic mass is 16.5. The molecule has 3 rings (SSSR count). The lowest BCUT2D eigenvalue weighted by Crippen LogP contribution is -2.15. The number of aromatic carboxylic acids is 1. The van der Waals surface area contributed by atoms with Crippen LogP contribution in [0.1, 0.15) is 38.0 Å². The average molecular weight is 340 g/mol. The fourth-order valence-electron chi connectivity index (χ4n) is 2.39. The molecule has 0 atom stereocenters. The van der Waals surface area contributed by atoms with Gasteiger partial charge in [0.2, 0.25) is 0 Å². The molecule has 8 nitrogen and oxygen atoms in total. The molecule has 25 heavy (non-hydrogen) atoms. The van der Waals surface area contributed by atoms with Gasteiger partial charge >= 0.3 is 5.97 Å². The highest BCUT2D eigenvalue weighted by molar-refractivity contribution is 6.06. The average Bonchev–Trinajstić information content (AvgIpc) is 3.16. The maximum Gasteiger partial charge on any atom is 0.358 e. The number of rotatable bonds is 5. The number of nitrogens with zero attached hydrogens (tertiary/aromatic N) is 3. The molecule has 0 fully saturated rings. The van der Waals surface area contributed by atoms with E-state index >= 15 is 0 Å². The van der Waals surface area contributed by atoms with Gasteiger partial charge in [-0.2, -0.15) is 5.10 Å². The van der Waals surface area contributed by atoms with Crippen molar-refractivity contribution in [3.05, 3.63) is 64.8 Å². The molecule has 0 saturated carbocycles. The molecule has 2 aromatic heterocycles. The standard InChI is InChI=1S/C17H16N4O4/c1-10-14(15(17(23)24)19-21(10)2)18-16(22)13-9-12(25-20-13)8-11-6-4-3-5-7-11/h3-7,9H,8H2,1-2H3,(H,18,22)(H,23,24). The van der Waals surface area contributed by atoms with Crippen molar-refractivity contribution in [1.29, 1.82) is 0 Å². The van der Waals surface area contributed by atoms with Crippen LogP contribution in [0.4, 0.5) is 5.69 Å². The smallest absolute Gasteiger partial charge is 0.358 e. The van der Waals surface area contributed by atoms with Crippen molar-refractivity contribution in [2.75, 3.05) is 5.32 Å². The molecule has 0 unspecified atom stereocenters. The van der Waals surface area contributed by atoms with Crippen LogP contribution in [0.25, 0.3) is 0 Å². The molecule has 0 aliphatic heterocycles. The van der Waals surface area contributed by atoms with Gasteiger partial charge in [-0.15, -0.1) is 0 Å². The molecule has 2 N–H and O–H groups in total. The Balaban J connectivity index is 1.78. The summed E-state index contributed by atoms with van der Waals surface area (Å²) in [5, 5.41) is 19.4. The van der Waals surface area contributed by atoms with Gasteiger partial charge in [0.1, 0.15) is 5.76 Å². The largest absolute Gasteiger partial charge is 0.476 e.